The second-order valence-electron chi connectivity index (χ2n) is 11.2. The van der Waals surface area contributed by atoms with Gasteiger partial charge in [0.25, 0.3) is 0 Å². The maximum absolute atomic E-state index is 14.0. The van der Waals surface area contributed by atoms with Crippen LogP contribution >= 0.6 is 0 Å². The molecular formula is C41H41NO6. The Hall–Kier alpha value is -4.92. The lowest BCUT2D eigenvalue weighted by Crippen LogP contribution is -2.48. The Morgan fingerprint density at radius 3 is 1.38 bits per heavy atom. The van der Waals surface area contributed by atoms with Crippen molar-refractivity contribution in [1.82, 2.24) is 0 Å². The van der Waals surface area contributed by atoms with E-state index in [-0.39, 0.29) is 45.4 Å². The van der Waals surface area contributed by atoms with E-state index in [2.05, 4.69) is 5.16 Å². The van der Waals surface area contributed by atoms with E-state index in [0.29, 0.717) is 0 Å². The predicted octanol–water partition coefficient (Wildman–Crippen LogP) is 7.73. The summed E-state index contributed by atoms with van der Waals surface area (Å²) in [5.74, 6) is -0.271. The molecule has 0 spiro atoms. The van der Waals surface area contributed by atoms with Crippen molar-refractivity contribution in [2.45, 2.75) is 51.3 Å². The van der Waals surface area contributed by atoms with Gasteiger partial charge in [0.1, 0.15) is 31.5 Å². The van der Waals surface area contributed by atoms with Gasteiger partial charge < -0.3 is 23.8 Å². The average Bonchev–Trinajstić information content (AvgIpc) is 3.15. The molecule has 0 unspecified atom stereocenters. The highest BCUT2D eigenvalue weighted by atomic mass is 16.6. The van der Waals surface area contributed by atoms with Crippen LogP contribution in [0, 0.1) is 0 Å². The van der Waals surface area contributed by atoms with E-state index in [1.54, 1.807) is 6.21 Å². The number of nitrogens with zero attached hydrogens (tertiary/aromatic N) is 1. The van der Waals surface area contributed by atoms with Crippen LogP contribution < -0.4 is 0 Å². The molecule has 0 amide bonds. The van der Waals surface area contributed by atoms with Crippen molar-refractivity contribution in [3.05, 3.63) is 179 Å². The first-order valence-corrected chi connectivity index (χ1v) is 16.0. The Morgan fingerprint density at radius 1 is 0.500 bits per heavy atom. The summed E-state index contributed by atoms with van der Waals surface area (Å²) >= 11 is 0. The maximum Gasteiger partial charge on any atom is 0.189 e. The molecule has 0 aliphatic rings. The van der Waals surface area contributed by atoms with Gasteiger partial charge in [0, 0.05) is 0 Å². The van der Waals surface area contributed by atoms with Crippen molar-refractivity contribution in [3.63, 3.8) is 0 Å². The third-order valence-corrected chi connectivity index (χ3v) is 7.49. The summed E-state index contributed by atoms with van der Waals surface area (Å²) < 4.78 is 25.3. The minimum atomic E-state index is -1.05. The fourth-order valence-electron chi connectivity index (χ4n) is 4.96. The summed E-state index contributed by atoms with van der Waals surface area (Å²) in [6.07, 6.45) is -1.21. The van der Waals surface area contributed by atoms with E-state index in [4.69, 9.17) is 23.8 Å². The van der Waals surface area contributed by atoms with E-state index in [9.17, 15) is 4.79 Å². The van der Waals surface area contributed by atoms with Crippen LogP contribution in [0.1, 0.15) is 27.8 Å². The molecule has 0 N–H and O–H groups in total. The van der Waals surface area contributed by atoms with Crippen molar-refractivity contribution < 1.29 is 28.6 Å². The van der Waals surface area contributed by atoms with Gasteiger partial charge >= 0.3 is 0 Å². The van der Waals surface area contributed by atoms with E-state index in [0.717, 1.165) is 27.8 Å². The second kappa shape index (κ2) is 19.7. The average molecular weight is 644 g/mol. The van der Waals surface area contributed by atoms with Crippen LogP contribution in [0.5, 0.6) is 0 Å². The molecule has 5 rings (SSSR count). The summed E-state index contributed by atoms with van der Waals surface area (Å²) in [5.41, 5.74) is 4.76. The number of rotatable bonds is 20. The van der Waals surface area contributed by atoms with Crippen molar-refractivity contribution in [2.75, 3.05) is 6.61 Å². The number of ketones is 1. The van der Waals surface area contributed by atoms with E-state index in [1.165, 1.54) is 0 Å². The predicted molar refractivity (Wildman–Crippen MR) is 186 cm³/mol. The third kappa shape index (κ3) is 11.7. The van der Waals surface area contributed by atoms with Crippen LogP contribution in [0.2, 0.25) is 0 Å². The van der Waals surface area contributed by atoms with Crippen molar-refractivity contribution in [1.29, 1.82) is 0 Å². The SMILES string of the molecule is O=C(COCc1ccccc1)[C@@H](OCc1ccccc1)[C@H](OCc1ccccc1)[C@H](/C=N\OCc1ccccc1)OCc1ccccc1. The zero-order valence-electron chi connectivity index (χ0n) is 26.9. The Morgan fingerprint density at radius 2 is 0.896 bits per heavy atom. The van der Waals surface area contributed by atoms with Gasteiger partial charge in [-0.15, -0.1) is 0 Å². The van der Waals surface area contributed by atoms with Crippen LogP contribution in [0.3, 0.4) is 0 Å². The Bertz CT molecular complexity index is 1620. The van der Waals surface area contributed by atoms with E-state index >= 15 is 0 Å². The van der Waals surface area contributed by atoms with Crippen LogP contribution in [0.4, 0.5) is 0 Å². The van der Waals surface area contributed by atoms with Crippen molar-refractivity contribution in [2.24, 2.45) is 5.16 Å². The fourth-order valence-corrected chi connectivity index (χ4v) is 4.96. The lowest BCUT2D eigenvalue weighted by molar-refractivity contribution is -0.162. The lowest BCUT2D eigenvalue weighted by Gasteiger charge is -2.31. The first-order chi connectivity index (χ1) is 23.7. The highest BCUT2D eigenvalue weighted by Crippen LogP contribution is 2.20. The molecule has 5 aromatic carbocycles. The summed E-state index contributed by atoms with van der Waals surface area (Å²) in [7, 11) is 0. The van der Waals surface area contributed by atoms with Gasteiger partial charge in [-0.2, -0.15) is 0 Å². The maximum atomic E-state index is 14.0. The largest absolute Gasteiger partial charge is 0.391 e. The molecule has 7 heteroatoms. The number of carbonyl (C=O) groups is 1. The number of benzene rings is 5. The molecule has 5 aromatic rings. The number of carbonyl (C=O) groups excluding carboxylic acids is 1. The highest BCUT2D eigenvalue weighted by molar-refractivity contribution is 5.85. The first-order valence-electron chi connectivity index (χ1n) is 16.0. The zero-order valence-corrected chi connectivity index (χ0v) is 26.9. The quantitative estimate of drug-likeness (QED) is 0.0638. The van der Waals surface area contributed by atoms with Gasteiger partial charge in [0.15, 0.2) is 5.78 Å². The highest BCUT2D eigenvalue weighted by Gasteiger charge is 2.37. The van der Waals surface area contributed by atoms with Gasteiger partial charge in [-0.25, -0.2) is 0 Å². The molecular weight excluding hydrogens is 602 g/mol. The molecule has 3 atom stereocenters. The van der Waals surface area contributed by atoms with Gasteiger partial charge in [-0.1, -0.05) is 157 Å². The molecule has 0 saturated carbocycles. The van der Waals surface area contributed by atoms with Crippen molar-refractivity contribution >= 4 is 12.0 Å². The third-order valence-electron chi connectivity index (χ3n) is 7.49. The van der Waals surface area contributed by atoms with Gasteiger partial charge in [-0.3, -0.25) is 4.79 Å². The second-order valence-corrected chi connectivity index (χ2v) is 11.2. The molecule has 0 fully saturated rings. The Labute approximate surface area is 282 Å². The monoisotopic (exact) mass is 643 g/mol. The molecule has 0 aliphatic heterocycles. The number of oxime groups is 1. The van der Waals surface area contributed by atoms with E-state index in [1.807, 2.05) is 152 Å². The molecule has 0 aliphatic carbocycles. The molecule has 0 radical (unpaired) electrons. The molecule has 0 saturated heterocycles. The van der Waals surface area contributed by atoms with Crippen LogP contribution in [0.25, 0.3) is 0 Å². The van der Waals surface area contributed by atoms with Crippen LogP contribution in [-0.4, -0.2) is 36.9 Å². The summed E-state index contributed by atoms with van der Waals surface area (Å²) in [6.45, 7) is 1.06. The minimum Gasteiger partial charge on any atom is -0.391 e. The fraction of sp³-hybridized carbons (Fsp3) is 0.220. The van der Waals surface area contributed by atoms with E-state index < -0.39 is 18.3 Å². The normalized spacial score (nSPS) is 13.2. The molecule has 0 aromatic heterocycles. The van der Waals surface area contributed by atoms with Gasteiger partial charge in [-0.05, 0) is 27.8 Å². The number of hydrogen-bond donors (Lipinski definition) is 0. The Kier molecular flexibility index (Phi) is 14.1. The van der Waals surface area contributed by atoms with Crippen molar-refractivity contribution in [3.8, 4) is 0 Å². The Balaban J connectivity index is 1.41. The minimum absolute atomic E-state index is 0.174. The summed E-state index contributed by atoms with van der Waals surface area (Å²) in [5, 5.41) is 4.29. The first kappa shape index (κ1) is 34.4. The smallest absolute Gasteiger partial charge is 0.189 e. The lowest BCUT2D eigenvalue weighted by atomic mass is 10.0. The number of ether oxygens (including phenoxy) is 4. The molecule has 0 heterocycles. The topological polar surface area (TPSA) is 75.6 Å². The molecule has 0 bridgehead atoms. The summed E-state index contributed by atoms with van der Waals surface area (Å²) in [4.78, 5) is 19.7. The number of Topliss-reactive ketones (excluding diaryl/α,β-unsaturated/α-hetero) is 1. The molecule has 246 valence electrons. The van der Waals surface area contributed by atoms with Crippen LogP contribution in [-0.2, 0) is 61.6 Å². The number of hydrogen-bond acceptors (Lipinski definition) is 7. The molecule has 48 heavy (non-hydrogen) atoms. The zero-order chi connectivity index (χ0) is 33.1. The van der Waals surface area contributed by atoms with Crippen LogP contribution in [0.15, 0.2) is 157 Å². The molecule has 7 nitrogen and oxygen atoms in total. The van der Waals surface area contributed by atoms with Gasteiger partial charge in [0.05, 0.1) is 32.6 Å². The van der Waals surface area contributed by atoms with Gasteiger partial charge in [0.2, 0.25) is 0 Å². The standard InChI is InChI=1S/C41H41NO6/c43-38(32-44-27-33-16-6-1-7-17-33)40(46-29-35-20-10-3-11-21-35)41(47-30-36-22-12-4-13-23-36)39(45-28-34-18-8-2-9-19-34)26-42-48-31-37-24-14-5-15-25-37/h1-26,39-41H,27-32H2/b42-26-/t39-,40+,41+/m0/s1. The summed E-state index contributed by atoms with van der Waals surface area (Å²) in [6, 6.07) is 48.8.